The number of aromatic nitrogens is 2. The quantitative estimate of drug-likeness (QED) is 0.854. The summed E-state index contributed by atoms with van der Waals surface area (Å²) in [5.41, 5.74) is 2.65. The van der Waals surface area contributed by atoms with Crippen molar-refractivity contribution in [1.29, 1.82) is 5.26 Å². The normalized spacial score (nSPS) is 10.6. The van der Waals surface area contributed by atoms with E-state index < -0.39 is 0 Å². The van der Waals surface area contributed by atoms with Crippen molar-refractivity contribution >= 4 is 12.2 Å². The zero-order valence-corrected chi connectivity index (χ0v) is 11.3. The van der Waals surface area contributed by atoms with E-state index in [4.69, 9.17) is 17.5 Å². The van der Waals surface area contributed by atoms with Crippen LogP contribution in [0, 0.1) is 21.9 Å². The van der Waals surface area contributed by atoms with Gasteiger partial charge in [-0.1, -0.05) is 32.1 Å². The van der Waals surface area contributed by atoms with Gasteiger partial charge < -0.3 is 0 Å². The number of hydrogen-bond acceptors (Lipinski definition) is 2. The Hall–Kier alpha value is -1.86. The van der Waals surface area contributed by atoms with Crippen LogP contribution in [0.5, 0.6) is 0 Å². The molecule has 0 spiro atoms. The summed E-state index contributed by atoms with van der Waals surface area (Å²) in [5.74, 6) is 0.581. The minimum Gasteiger partial charge on any atom is -0.297 e. The average Bonchev–Trinajstić information content (AvgIpc) is 2.69. The fourth-order valence-corrected chi connectivity index (χ4v) is 2.19. The average molecular weight is 257 g/mol. The first-order valence-corrected chi connectivity index (χ1v) is 6.32. The Bertz CT molecular complexity index is 644. The minimum absolute atomic E-state index is 0.581. The molecule has 2 rings (SSSR count). The molecule has 92 valence electrons. The van der Waals surface area contributed by atoms with Gasteiger partial charge in [-0.05, 0) is 36.6 Å². The second kappa shape index (κ2) is 5.19. The van der Waals surface area contributed by atoms with Crippen LogP contribution in [0.25, 0.3) is 5.69 Å². The summed E-state index contributed by atoms with van der Waals surface area (Å²) in [7, 11) is 0. The van der Waals surface area contributed by atoms with Crippen molar-refractivity contribution in [3.63, 3.8) is 0 Å². The molecule has 2 aromatic rings. The van der Waals surface area contributed by atoms with Crippen LogP contribution >= 0.6 is 12.2 Å². The third kappa shape index (κ3) is 2.69. The number of H-pyrrole nitrogens is 1. The van der Waals surface area contributed by atoms with Crippen molar-refractivity contribution in [1.82, 2.24) is 9.78 Å². The lowest BCUT2D eigenvalue weighted by molar-refractivity contribution is 0.628. The van der Waals surface area contributed by atoms with Gasteiger partial charge in [0.15, 0.2) is 0 Å². The van der Waals surface area contributed by atoms with Crippen molar-refractivity contribution in [2.75, 3.05) is 0 Å². The molecule has 0 aliphatic carbocycles. The number of nitrogens with one attached hydrogen (secondary N) is 1. The van der Waals surface area contributed by atoms with Gasteiger partial charge in [0, 0.05) is 5.69 Å². The van der Waals surface area contributed by atoms with Crippen LogP contribution < -0.4 is 0 Å². The second-order valence-corrected chi connectivity index (χ2v) is 5.13. The van der Waals surface area contributed by atoms with Gasteiger partial charge in [0.1, 0.15) is 4.64 Å². The summed E-state index contributed by atoms with van der Waals surface area (Å²) in [6.45, 7) is 4.34. The standard InChI is InChI=1S/C14H15N3S/c1-10(2)6-12-8-14(18)17(16-12)13-5-3-4-11(7-13)9-15/h3-5,7-8,10,16H,6H2,1-2H3. The van der Waals surface area contributed by atoms with E-state index in [0.717, 1.165) is 22.4 Å². The molecule has 3 nitrogen and oxygen atoms in total. The van der Waals surface area contributed by atoms with E-state index in [1.54, 1.807) is 6.07 Å². The maximum atomic E-state index is 8.91. The molecule has 0 atom stereocenters. The molecule has 0 radical (unpaired) electrons. The highest BCUT2D eigenvalue weighted by atomic mass is 32.1. The highest BCUT2D eigenvalue weighted by Gasteiger charge is 2.05. The van der Waals surface area contributed by atoms with Gasteiger partial charge in [-0.25, -0.2) is 4.68 Å². The van der Waals surface area contributed by atoms with Gasteiger partial charge in [-0.3, -0.25) is 5.10 Å². The summed E-state index contributed by atoms with van der Waals surface area (Å²) in [4.78, 5) is 0. The monoisotopic (exact) mass is 257 g/mol. The molecular formula is C14H15N3S. The van der Waals surface area contributed by atoms with E-state index in [1.165, 1.54) is 0 Å². The van der Waals surface area contributed by atoms with Crippen LogP contribution in [0.15, 0.2) is 30.3 Å². The lowest BCUT2D eigenvalue weighted by Gasteiger charge is -2.04. The van der Waals surface area contributed by atoms with Gasteiger partial charge in [-0.2, -0.15) is 5.26 Å². The highest BCUT2D eigenvalue weighted by Crippen LogP contribution is 2.13. The minimum atomic E-state index is 0.581. The molecule has 0 amide bonds. The van der Waals surface area contributed by atoms with Crippen LogP contribution in [-0.2, 0) is 6.42 Å². The Balaban J connectivity index is 2.42. The summed E-state index contributed by atoms with van der Waals surface area (Å²) >= 11 is 5.34. The molecule has 0 bridgehead atoms. The van der Waals surface area contributed by atoms with E-state index >= 15 is 0 Å². The summed E-state index contributed by atoms with van der Waals surface area (Å²) in [5, 5.41) is 12.2. The Morgan fingerprint density at radius 3 is 2.83 bits per heavy atom. The van der Waals surface area contributed by atoms with Crippen molar-refractivity contribution in [3.05, 3.63) is 46.2 Å². The summed E-state index contributed by atoms with van der Waals surface area (Å²) < 4.78 is 2.58. The zero-order valence-electron chi connectivity index (χ0n) is 10.5. The van der Waals surface area contributed by atoms with Gasteiger partial charge in [0.05, 0.1) is 17.3 Å². The van der Waals surface area contributed by atoms with Gasteiger partial charge in [0.25, 0.3) is 0 Å². The van der Waals surface area contributed by atoms with E-state index in [1.807, 2.05) is 28.9 Å². The topological polar surface area (TPSA) is 44.5 Å². The molecule has 1 heterocycles. The molecule has 18 heavy (non-hydrogen) atoms. The number of nitrogens with zero attached hydrogens (tertiary/aromatic N) is 2. The number of rotatable bonds is 3. The first kappa shape index (κ1) is 12.6. The van der Waals surface area contributed by atoms with Gasteiger partial charge in [0.2, 0.25) is 0 Å². The fourth-order valence-electron chi connectivity index (χ4n) is 1.90. The molecular weight excluding hydrogens is 242 g/mol. The highest BCUT2D eigenvalue weighted by molar-refractivity contribution is 7.71. The van der Waals surface area contributed by atoms with E-state index in [0.29, 0.717) is 11.5 Å². The van der Waals surface area contributed by atoms with E-state index in [9.17, 15) is 0 Å². The van der Waals surface area contributed by atoms with Crippen LogP contribution in [0.2, 0.25) is 0 Å². The third-order valence-corrected chi connectivity index (χ3v) is 2.94. The Labute approximate surface area is 112 Å². The molecule has 0 saturated carbocycles. The summed E-state index contributed by atoms with van der Waals surface area (Å²) in [6.07, 6.45) is 0.967. The van der Waals surface area contributed by atoms with Crippen LogP contribution in [0.1, 0.15) is 25.1 Å². The third-order valence-electron chi connectivity index (χ3n) is 2.64. The van der Waals surface area contributed by atoms with Crippen molar-refractivity contribution < 1.29 is 0 Å². The Kier molecular flexibility index (Phi) is 3.63. The number of nitriles is 1. The molecule has 0 aliphatic rings. The number of aromatic amines is 1. The van der Waals surface area contributed by atoms with Crippen molar-refractivity contribution in [2.45, 2.75) is 20.3 Å². The van der Waals surface area contributed by atoms with Crippen LogP contribution in [0.4, 0.5) is 0 Å². The molecule has 0 aliphatic heterocycles. The predicted molar refractivity (Wildman–Crippen MR) is 74.2 cm³/mol. The SMILES string of the molecule is CC(C)Cc1cc(=S)n(-c2cccc(C#N)c2)[nH]1. The smallest absolute Gasteiger partial charge is 0.127 e. The van der Waals surface area contributed by atoms with Gasteiger partial charge in [-0.15, -0.1) is 0 Å². The number of hydrogen-bond donors (Lipinski definition) is 1. The predicted octanol–water partition coefficient (Wildman–Crippen LogP) is 3.61. The maximum absolute atomic E-state index is 8.91. The van der Waals surface area contributed by atoms with Crippen molar-refractivity contribution in [3.8, 4) is 11.8 Å². The molecule has 1 aromatic carbocycles. The molecule has 1 aromatic heterocycles. The lowest BCUT2D eigenvalue weighted by atomic mass is 10.1. The zero-order chi connectivity index (χ0) is 13.1. The van der Waals surface area contributed by atoms with E-state index in [2.05, 4.69) is 25.0 Å². The molecule has 0 fully saturated rings. The van der Waals surface area contributed by atoms with Gasteiger partial charge >= 0.3 is 0 Å². The van der Waals surface area contributed by atoms with Crippen LogP contribution in [0.3, 0.4) is 0 Å². The first-order valence-electron chi connectivity index (χ1n) is 5.91. The Morgan fingerprint density at radius 1 is 1.39 bits per heavy atom. The van der Waals surface area contributed by atoms with Crippen molar-refractivity contribution in [2.24, 2.45) is 5.92 Å². The lowest BCUT2D eigenvalue weighted by Crippen LogP contribution is -2.00. The number of benzene rings is 1. The largest absolute Gasteiger partial charge is 0.297 e. The second-order valence-electron chi connectivity index (χ2n) is 4.72. The molecule has 0 unspecified atom stereocenters. The molecule has 1 N–H and O–H groups in total. The maximum Gasteiger partial charge on any atom is 0.127 e. The first-order chi connectivity index (χ1) is 8.60. The molecule has 0 saturated heterocycles. The summed E-state index contributed by atoms with van der Waals surface area (Å²) in [6, 6.07) is 11.5. The van der Waals surface area contributed by atoms with E-state index in [-0.39, 0.29) is 0 Å². The Morgan fingerprint density at radius 2 is 2.17 bits per heavy atom. The molecule has 4 heteroatoms. The fraction of sp³-hybridized carbons (Fsp3) is 0.286. The van der Waals surface area contributed by atoms with Crippen LogP contribution in [-0.4, -0.2) is 9.78 Å².